The van der Waals surface area contributed by atoms with Crippen LogP contribution < -0.4 is 10.1 Å². The molecule has 0 fully saturated rings. The number of hydrogen-bond donors (Lipinski definition) is 2. The van der Waals surface area contributed by atoms with Gasteiger partial charge in [0.05, 0.1) is 17.0 Å². The highest BCUT2D eigenvalue weighted by molar-refractivity contribution is 6.06. The molecule has 0 spiro atoms. The van der Waals surface area contributed by atoms with Crippen LogP contribution in [0.2, 0.25) is 0 Å². The second-order valence-electron chi connectivity index (χ2n) is 9.36. The third kappa shape index (κ3) is 5.66. The number of fused-ring (bicyclic) bond motifs is 1. The SMILES string of the molecule is CCN(CC)CC(O)CNC(=O)c1c(OC(=O)C(C)(C)C)c2ccccc2n1-c1ccccc1. The lowest BCUT2D eigenvalue weighted by atomic mass is 9.97. The Morgan fingerprint density at radius 3 is 2.26 bits per heavy atom. The minimum Gasteiger partial charge on any atom is -0.423 e. The largest absolute Gasteiger partial charge is 0.423 e. The summed E-state index contributed by atoms with van der Waals surface area (Å²) in [6.45, 7) is 11.6. The van der Waals surface area contributed by atoms with E-state index in [-0.39, 0.29) is 18.0 Å². The number of amides is 1. The maximum atomic E-state index is 13.5. The van der Waals surface area contributed by atoms with E-state index >= 15 is 0 Å². The smallest absolute Gasteiger partial charge is 0.316 e. The highest BCUT2D eigenvalue weighted by Gasteiger charge is 2.31. The molecule has 182 valence electrons. The summed E-state index contributed by atoms with van der Waals surface area (Å²) in [6.07, 6.45) is -0.723. The number of ether oxygens (including phenoxy) is 1. The number of aliphatic hydroxyl groups excluding tert-OH is 1. The number of rotatable bonds is 9. The number of para-hydroxylation sites is 2. The summed E-state index contributed by atoms with van der Waals surface area (Å²) in [5, 5.41) is 14.0. The van der Waals surface area contributed by atoms with E-state index in [1.54, 1.807) is 25.3 Å². The minimum atomic E-state index is -0.746. The fourth-order valence-electron chi connectivity index (χ4n) is 3.75. The fourth-order valence-corrected chi connectivity index (χ4v) is 3.75. The lowest BCUT2D eigenvalue weighted by Gasteiger charge is -2.22. The van der Waals surface area contributed by atoms with Crippen LogP contribution >= 0.6 is 0 Å². The molecule has 0 aliphatic carbocycles. The molecule has 0 saturated heterocycles. The van der Waals surface area contributed by atoms with E-state index in [4.69, 9.17) is 4.74 Å². The van der Waals surface area contributed by atoms with E-state index in [0.717, 1.165) is 24.3 Å². The number of hydrogen-bond acceptors (Lipinski definition) is 5. The molecule has 0 bridgehead atoms. The summed E-state index contributed by atoms with van der Waals surface area (Å²) >= 11 is 0. The number of aromatic nitrogens is 1. The van der Waals surface area contributed by atoms with Crippen molar-refractivity contribution >= 4 is 22.8 Å². The van der Waals surface area contributed by atoms with Crippen molar-refractivity contribution in [1.82, 2.24) is 14.8 Å². The van der Waals surface area contributed by atoms with Gasteiger partial charge in [0.25, 0.3) is 5.91 Å². The van der Waals surface area contributed by atoms with Gasteiger partial charge in [0, 0.05) is 24.2 Å². The standard InChI is InChI=1S/C27H35N3O4/c1-6-29(7-2)18-20(31)17-28-25(32)23-24(34-26(33)27(3,4)5)21-15-11-12-16-22(21)30(23)19-13-9-8-10-14-19/h8-16,20,31H,6-7,17-18H2,1-5H3,(H,28,32). The summed E-state index contributed by atoms with van der Waals surface area (Å²) in [5.41, 5.74) is 0.994. The maximum Gasteiger partial charge on any atom is 0.316 e. The maximum absolute atomic E-state index is 13.5. The van der Waals surface area contributed by atoms with Crippen LogP contribution in [0, 0.1) is 5.41 Å². The number of nitrogens with zero attached hydrogens (tertiary/aromatic N) is 2. The van der Waals surface area contributed by atoms with Crippen molar-refractivity contribution in [3.8, 4) is 11.4 Å². The monoisotopic (exact) mass is 465 g/mol. The number of benzene rings is 2. The van der Waals surface area contributed by atoms with Gasteiger partial charge in [-0.3, -0.25) is 9.59 Å². The molecule has 0 saturated carbocycles. The van der Waals surface area contributed by atoms with Crippen molar-refractivity contribution in [3.63, 3.8) is 0 Å². The first-order chi connectivity index (χ1) is 16.2. The van der Waals surface area contributed by atoms with Gasteiger partial charge >= 0.3 is 5.97 Å². The van der Waals surface area contributed by atoms with Gasteiger partial charge in [0.15, 0.2) is 11.4 Å². The molecule has 3 rings (SSSR count). The normalized spacial score (nSPS) is 12.7. The zero-order chi connectivity index (χ0) is 24.9. The third-order valence-corrected chi connectivity index (χ3v) is 5.73. The van der Waals surface area contributed by atoms with Crippen molar-refractivity contribution < 1.29 is 19.4 Å². The summed E-state index contributed by atoms with van der Waals surface area (Å²) < 4.78 is 7.66. The molecule has 2 aromatic carbocycles. The van der Waals surface area contributed by atoms with Crippen LogP contribution in [0.4, 0.5) is 0 Å². The van der Waals surface area contributed by atoms with Crippen LogP contribution in [0.25, 0.3) is 16.6 Å². The first-order valence-electron chi connectivity index (χ1n) is 11.8. The first-order valence-corrected chi connectivity index (χ1v) is 11.8. The van der Waals surface area contributed by atoms with Crippen molar-refractivity contribution in [2.75, 3.05) is 26.2 Å². The molecule has 0 aliphatic heterocycles. The van der Waals surface area contributed by atoms with Gasteiger partial charge in [0.1, 0.15) is 0 Å². The van der Waals surface area contributed by atoms with Crippen LogP contribution in [-0.2, 0) is 4.79 Å². The Morgan fingerprint density at radius 1 is 1.03 bits per heavy atom. The van der Waals surface area contributed by atoms with Gasteiger partial charge in [-0.1, -0.05) is 44.2 Å². The third-order valence-electron chi connectivity index (χ3n) is 5.73. The van der Waals surface area contributed by atoms with Crippen molar-refractivity contribution in [2.24, 2.45) is 5.41 Å². The topological polar surface area (TPSA) is 83.8 Å². The average Bonchev–Trinajstić information content (AvgIpc) is 3.15. The fraction of sp³-hybridized carbons (Fsp3) is 0.407. The zero-order valence-corrected chi connectivity index (χ0v) is 20.7. The lowest BCUT2D eigenvalue weighted by molar-refractivity contribution is -0.142. The highest BCUT2D eigenvalue weighted by Crippen LogP contribution is 2.37. The molecule has 7 heteroatoms. The Labute approximate surface area is 201 Å². The molecule has 34 heavy (non-hydrogen) atoms. The van der Waals surface area contributed by atoms with Crippen molar-refractivity contribution in [3.05, 3.63) is 60.3 Å². The highest BCUT2D eigenvalue weighted by atomic mass is 16.5. The van der Waals surface area contributed by atoms with Gasteiger partial charge in [-0.25, -0.2) is 0 Å². The minimum absolute atomic E-state index is 0.0817. The Morgan fingerprint density at radius 2 is 1.65 bits per heavy atom. The van der Waals surface area contributed by atoms with E-state index in [0.29, 0.717) is 11.9 Å². The molecule has 2 N–H and O–H groups in total. The second kappa shape index (κ2) is 10.8. The molecule has 1 unspecified atom stereocenters. The number of carbonyl (C=O) groups is 2. The van der Waals surface area contributed by atoms with E-state index in [1.807, 2.05) is 68.4 Å². The number of esters is 1. The molecule has 1 aromatic heterocycles. The number of carbonyl (C=O) groups excluding carboxylic acids is 2. The van der Waals surface area contributed by atoms with Crippen LogP contribution in [0.1, 0.15) is 45.1 Å². The Kier molecular flexibility index (Phi) is 8.12. The number of nitrogens with one attached hydrogen (secondary N) is 1. The van der Waals surface area contributed by atoms with Gasteiger partial charge in [-0.05, 0) is 58.1 Å². The molecular weight excluding hydrogens is 430 g/mol. The molecule has 0 radical (unpaired) electrons. The van der Waals surface area contributed by atoms with Crippen LogP contribution in [0.15, 0.2) is 54.6 Å². The summed E-state index contributed by atoms with van der Waals surface area (Å²) in [7, 11) is 0. The lowest BCUT2D eigenvalue weighted by Crippen LogP contribution is -2.40. The van der Waals surface area contributed by atoms with Gasteiger partial charge < -0.3 is 24.6 Å². The first kappa shape index (κ1) is 25.5. The zero-order valence-electron chi connectivity index (χ0n) is 20.7. The Hall–Kier alpha value is -3.16. The molecule has 1 atom stereocenters. The predicted octanol–water partition coefficient (Wildman–Crippen LogP) is 4.01. The van der Waals surface area contributed by atoms with Crippen LogP contribution in [0.5, 0.6) is 5.75 Å². The second-order valence-corrected chi connectivity index (χ2v) is 9.36. The molecular formula is C27H35N3O4. The van der Waals surface area contributed by atoms with E-state index in [1.165, 1.54) is 0 Å². The average molecular weight is 466 g/mol. The van der Waals surface area contributed by atoms with E-state index in [9.17, 15) is 14.7 Å². The molecule has 3 aromatic rings. The summed E-state index contributed by atoms with van der Waals surface area (Å²) in [4.78, 5) is 28.5. The summed E-state index contributed by atoms with van der Waals surface area (Å²) in [6, 6.07) is 16.9. The Bertz CT molecular complexity index is 1130. The van der Waals surface area contributed by atoms with Crippen LogP contribution in [-0.4, -0.2) is 58.7 Å². The van der Waals surface area contributed by atoms with Gasteiger partial charge in [0.2, 0.25) is 0 Å². The quantitative estimate of drug-likeness (QED) is 0.467. The number of likely N-dealkylation sites (N-methyl/N-ethyl adjacent to an activating group) is 1. The van der Waals surface area contributed by atoms with Gasteiger partial charge in [-0.2, -0.15) is 0 Å². The van der Waals surface area contributed by atoms with E-state index < -0.39 is 23.4 Å². The molecule has 0 aliphatic rings. The molecule has 1 heterocycles. The molecule has 7 nitrogen and oxygen atoms in total. The van der Waals surface area contributed by atoms with Crippen molar-refractivity contribution in [2.45, 2.75) is 40.7 Å². The Balaban J connectivity index is 2.06. The van der Waals surface area contributed by atoms with Crippen molar-refractivity contribution in [1.29, 1.82) is 0 Å². The number of aliphatic hydroxyl groups is 1. The molecule has 1 amide bonds. The van der Waals surface area contributed by atoms with E-state index in [2.05, 4.69) is 10.2 Å². The predicted molar refractivity (Wildman–Crippen MR) is 134 cm³/mol. The van der Waals surface area contributed by atoms with Crippen LogP contribution in [0.3, 0.4) is 0 Å². The van der Waals surface area contributed by atoms with Gasteiger partial charge in [-0.15, -0.1) is 0 Å². The summed E-state index contributed by atoms with van der Waals surface area (Å²) in [5.74, 6) is -0.635.